The van der Waals surface area contributed by atoms with Crippen molar-refractivity contribution in [2.24, 2.45) is 0 Å². The number of hydrogen-bond donors (Lipinski definition) is 1. The molecule has 0 spiro atoms. The van der Waals surface area contributed by atoms with Crippen LogP contribution >= 0.6 is 34.8 Å². The van der Waals surface area contributed by atoms with Crippen molar-refractivity contribution < 1.29 is 4.74 Å². The molecule has 0 saturated heterocycles. The van der Waals surface area contributed by atoms with Crippen LogP contribution in [0.2, 0.25) is 0 Å². The molecule has 0 saturated carbocycles. The van der Waals surface area contributed by atoms with Crippen molar-refractivity contribution >= 4 is 45.8 Å². The van der Waals surface area contributed by atoms with E-state index >= 15 is 0 Å². The molecule has 0 fully saturated rings. The number of benzene rings is 2. The Morgan fingerprint density at radius 1 is 1.24 bits per heavy atom. The fraction of sp³-hybridized carbons (Fsp3) is 0.188. The minimum absolute atomic E-state index is 0.233. The minimum atomic E-state index is 0.233. The van der Waals surface area contributed by atoms with Crippen LogP contribution in [0.5, 0.6) is 5.75 Å². The summed E-state index contributed by atoms with van der Waals surface area (Å²) in [5.41, 5.74) is 3.46. The first-order valence-corrected chi connectivity index (χ1v) is 8.34. The summed E-state index contributed by atoms with van der Waals surface area (Å²) in [7, 11) is 0. The van der Waals surface area contributed by atoms with Crippen molar-refractivity contribution in [3.8, 4) is 5.75 Å². The molecule has 1 aromatic heterocycles. The maximum atomic E-state index is 5.76. The van der Waals surface area contributed by atoms with Gasteiger partial charge in [0, 0.05) is 15.6 Å². The van der Waals surface area contributed by atoms with E-state index in [1.165, 1.54) is 9.13 Å². The molecule has 3 aromatic rings. The lowest BCUT2D eigenvalue weighted by Gasteiger charge is -2.27. The number of ether oxygens (including phenoxy) is 1. The van der Waals surface area contributed by atoms with Crippen molar-refractivity contribution in [2.45, 2.75) is 12.5 Å². The summed E-state index contributed by atoms with van der Waals surface area (Å²) in [5.74, 6) is 0.968. The number of nitrogens with zero attached hydrogens (tertiary/aromatic N) is 1. The Bertz CT molecular complexity index is 883. The third kappa shape index (κ3) is 2.19. The highest BCUT2D eigenvalue weighted by Crippen LogP contribution is 2.36. The zero-order valence-electron chi connectivity index (χ0n) is 11.2. The second-order valence-corrected chi connectivity index (χ2v) is 6.78. The monoisotopic (exact) mass is 408 g/mol. The van der Waals surface area contributed by atoms with Gasteiger partial charge in [-0.2, -0.15) is 0 Å². The van der Waals surface area contributed by atoms with E-state index in [-0.39, 0.29) is 6.04 Å². The molecule has 4 rings (SSSR count). The van der Waals surface area contributed by atoms with E-state index in [4.69, 9.17) is 17.0 Å². The smallest absolute Gasteiger partial charge is 0.178 e. The van der Waals surface area contributed by atoms with Gasteiger partial charge >= 0.3 is 0 Å². The molecule has 0 radical (unpaired) electrons. The Kier molecular flexibility index (Phi) is 3.26. The second-order valence-electron chi connectivity index (χ2n) is 5.15. The van der Waals surface area contributed by atoms with Gasteiger partial charge in [-0.1, -0.05) is 18.2 Å². The standard InChI is InChI=1S/C16H13IN2OS/c17-10-5-6-14-12(9-10)18-16(21)19(14)13-7-8-20-15-4-2-1-3-11(13)15/h1-6,9,13H,7-8H2,(H,18,21). The summed E-state index contributed by atoms with van der Waals surface area (Å²) in [4.78, 5) is 3.33. The lowest BCUT2D eigenvalue weighted by atomic mass is 10.0. The van der Waals surface area contributed by atoms with Crippen LogP contribution in [0, 0.1) is 8.34 Å². The van der Waals surface area contributed by atoms with E-state index in [9.17, 15) is 0 Å². The SMILES string of the molecule is S=c1[nH]c2cc(I)ccc2n1C1CCOc2ccccc21. The highest BCUT2D eigenvalue weighted by molar-refractivity contribution is 14.1. The van der Waals surface area contributed by atoms with Gasteiger partial charge in [-0.3, -0.25) is 0 Å². The Morgan fingerprint density at radius 2 is 2.10 bits per heavy atom. The highest BCUT2D eigenvalue weighted by Gasteiger charge is 2.24. The van der Waals surface area contributed by atoms with Gasteiger partial charge in [0.05, 0.1) is 23.7 Å². The maximum absolute atomic E-state index is 5.76. The van der Waals surface area contributed by atoms with Gasteiger partial charge in [-0.25, -0.2) is 0 Å². The summed E-state index contributed by atoms with van der Waals surface area (Å²) in [6, 6.07) is 14.9. The van der Waals surface area contributed by atoms with Crippen LogP contribution < -0.4 is 4.74 Å². The van der Waals surface area contributed by atoms with E-state index in [1.54, 1.807) is 0 Å². The first kappa shape index (κ1) is 13.3. The first-order valence-electron chi connectivity index (χ1n) is 6.85. The molecular formula is C16H13IN2OS. The van der Waals surface area contributed by atoms with Crippen LogP contribution in [0.25, 0.3) is 11.0 Å². The fourth-order valence-corrected chi connectivity index (χ4v) is 3.83. The number of imidazole rings is 1. The Balaban J connectivity index is 1.96. The number of halogens is 1. The maximum Gasteiger partial charge on any atom is 0.178 e. The number of H-pyrrole nitrogens is 1. The van der Waals surface area contributed by atoms with E-state index in [0.29, 0.717) is 0 Å². The fourth-order valence-electron chi connectivity index (χ4n) is 3.00. The van der Waals surface area contributed by atoms with Crippen LogP contribution in [0.15, 0.2) is 42.5 Å². The molecule has 0 bridgehead atoms. The van der Waals surface area contributed by atoms with Crippen LogP contribution in [-0.4, -0.2) is 16.2 Å². The molecule has 1 aliphatic heterocycles. The Morgan fingerprint density at radius 3 is 3.00 bits per heavy atom. The van der Waals surface area contributed by atoms with Gasteiger partial charge in [0.2, 0.25) is 0 Å². The normalized spacial score (nSPS) is 17.5. The van der Waals surface area contributed by atoms with Crippen molar-refractivity contribution in [3.63, 3.8) is 0 Å². The van der Waals surface area contributed by atoms with Crippen LogP contribution in [-0.2, 0) is 0 Å². The third-order valence-electron chi connectivity index (χ3n) is 3.92. The number of aromatic nitrogens is 2. The van der Waals surface area contributed by atoms with Crippen molar-refractivity contribution in [2.75, 3.05) is 6.61 Å². The van der Waals surface area contributed by atoms with Crippen LogP contribution in [0.4, 0.5) is 0 Å². The molecule has 106 valence electrons. The molecule has 0 aliphatic carbocycles. The number of fused-ring (bicyclic) bond motifs is 2. The molecule has 0 amide bonds. The van der Waals surface area contributed by atoms with Crippen molar-refractivity contribution in [1.29, 1.82) is 0 Å². The van der Waals surface area contributed by atoms with E-state index in [0.717, 1.165) is 34.6 Å². The summed E-state index contributed by atoms with van der Waals surface area (Å²) in [6.07, 6.45) is 0.935. The minimum Gasteiger partial charge on any atom is -0.493 e. The van der Waals surface area contributed by atoms with Gasteiger partial charge in [0.1, 0.15) is 5.75 Å². The molecule has 1 aliphatic rings. The molecule has 1 atom stereocenters. The molecular weight excluding hydrogens is 395 g/mol. The van der Waals surface area contributed by atoms with Gasteiger partial charge in [0.15, 0.2) is 4.77 Å². The van der Waals surface area contributed by atoms with E-state index in [2.05, 4.69) is 62.5 Å². The van der Waals surface area contributed by atoms with Crippen molar-refractivity contribution in [1.82, 2.24) is 9.55 Å². The van der Waals surface area contributed by atoms with Crippen molar-refractivity contribution in [3.05, 3.63) is 56.4 Å². The molecule has 21 heavy (non-hydrogen) atoms. The largest absolute Gasteiger partial charge is 0.493 e. The van der Waals surface area contributed by atoms with Gasteiger partial charge in [-0.05, 0) is 59.1 Å². The average Bonchev–Trinajstić information content (AvgIpc) is 2.81. The molecule has 3 nitrogen and oxygen atoms in total. The topological polar surface area (TPSA) is 29.9 Å². The van der Waals surface area contributed by atoms with Gasteiger partial charge < -0.3 is 14.3 Å². The Labute approximate surface area is 141 Å². The predicted octanol–water partition coefficient (Wildman–Crippen LogP) is 4.68. The zero-order valence-corrected chi connectivity index (χ0v) is 14.1. The Hall–Kier alpha value is -1.34. The third-order valence-corrected chi connectivity index (χ3v) is 4.89. The lowest BCUT2D eigenvalue weighted by molar-refractivity contribution is 0.257. The molecule has 5 heteroatoms. The quantitative estimate of drug-likeness (QED) is 0.468. The van der Waals surface area contributed by atoms with Gasteiger partial charge in [-0.15, -0.1) is 0 Å². The molecule has 2 aromatic carbocycles. The number of aromatic amines is 1. The predicted molar refractivity (Wildman–Crippen MR) is 94.5 cm³/mol. The number of nitrogens with one attached hydrogen (secondary N) is 1. The number of hydrogen-bond acceptors (Lipinski definition) is 2. The lowest BCUT2D eigenvalue weighted by Crippen LogP contribution is -2.20. The summed E-state index contributed by atoms with van der Waals surface area (Å²) >= 11 is 7.89. The van der Waals surface area contributed by atoms with Crippen LogP contribution in [0.3, 0.4) is 0 Å². The first-order chi connectivity index (χ1) is 10.2. The molecule has 1 unspecified atom stereocenters. The van der Waals surface area contributed by atoms with Gasteiger partial charge in [0.25, 0.3) is 0 Å². The summed E-state index contributed by atoms with van der Waals surface area (Å²) in [5, 5.41) is 0. The zero-order chi connectivity index (χ0) is 14.4. The van der Waals surface area contributed by atoms with E-state index < -0.39 is 0 Å². The number of rotatable bonds is 1. The number of para-hydroxylation sites is 1. The van der Waals surface area contributed by atoms with E-state index in [1.807, 2.05) is 12.1 Å². The van der Waals surface area contributed by atoms with Crippen LogP contribution in [0.1, 0.15) is 18.0 Å². The molecule has 1 N–H and O–H groups in total. The molecule has 2 heterocycles. The summed E-state index contributed by atoms with van der Waals surface area (Å²) in [6.45, 7) is 0.723. The second kappa shape index (κ2) is 5.14. The average molecular weight is 408 g/mol. The highest BCUT2D eigenvalue weighted by atomic mass is 127. The summed E-state index contributed by atoms with van der Waals surface area (Å²) < 4.78 is 9.96.